The van der Waals surface area contributed by atoms with E-state index < -0.39 is 0 Å². The van der Waals surface area contributed by atoms with Crippen LogP contribution in [-0.4, -0.2) is 76.7 Å². The van der Waals surface area contributed by atoms with Crippen LogP contribution in [0.1, 0.15) is 12.8 Å². The Bertz CT molecular complexity index is 744. The molecule has 7 nitrogen and oxygen atoms in total. The first kappa shape index (κ1) is 15.5. The summed E-state index contributed by atoms with van der Waals surface area (Å²) in [6.07, 6.45) is 5.46. The van der Waals surface area contributed by atoms with E-state index in [4.69, 9.17) is 4.74 Å². The summed E-state index contributed by atoms with van der Waals surface area (Å²) in [5, 5.41) is 19.0. The number of aromatic amines is 1. The summed E-state index contributed by atoms with van der Waals surface area (Å²) in [7, 11) is 0. The Labute approximate surface area is 147 Å². The van der Waals surface area contributed by atoms with E-state index in [1.807, 2.05) is 18.5 Å². The molecule has 2 aliphatic heterocycles. The van der Waals surface area contributed by atoms with Gasteiger partial charge in [-0.05, 0) is 30.7 Å². The van der Waals surface area contributed by atoms with Crippen LogP contribution in [0.3, 0.4) is 0 Å². The maximum Gasteiger partial charge on any atom is 0.139 e. The lowest BCUT2D eigenvalue weighted by atomic mass is 9.77. The van der Waals surface area contributed by atoms with E-state index in [-0.39, 0.29) is 12.1 Å². The second-order valence-electron chi connectivity index (χ2n) is 7.65. The Balaban J connectivity index is 1.35. The van der Waals surface area contributed by atoms with Gasteiger partial charge < -0.3 is 14.7 Å². The van der Waals surface area contributed by atoms with Gasteiger partial charge in [0.25, 0.3) is 0 Å². The van der Waals surface area contributed by atoms with Crippen LogP contribution in [-0.2, 0) is 4.74 Å². The van der Waals surface area contributed by atoms with Gasteiger partial charge in [0, 0.05) is 38.4 Å². The van der Waals surface area contributed by atoms with Crippen LogP contribution in [0.25, 0.3) is 10.9 Å². The van der Waals surface area contributed by atoms with Gasteiger partial charge in [-0.1, -0.05) is 0 Å². The van der Waals surface area contributed by atoms with Crippen molar-refractivity contribution in [2.75, 3.05) is 44.3 Å². The quantitative estimate of drug-likeness (QED) is 0.842. The van der Waals surface area contributed by atoms with Crippen LogP contribution in [0.15, 0.2) is 18.5 Å². The summed E-state index contributed by atoms with van der Waals surface area (Å²) in [4.78, 5) is 9.45. The number of aliphatic hydroxyl groups excluding tert-OH is 1. The molecule has 0 amide bonds. The molecule has 1 saturated carbocycles. The second-order valence-corrected chi connectivity index (χ2v) is 7.65. The molecule has 0 bridgehead atoms. The fourth-order valence-corrected chi connectivity index (χ4v) is 4.99. The molecule has 2 aromatic rings. The summed E-state index contributed by atoms with van der Waals surface area (Å²) < 4.78 is 5.47. The topological polar surface area (TPSA) is 77.5 Å². The summed E-state index contributed by atoms with van der Waals surface area (Å²) in [6, 6.07) is 2.25. The smallest absolute Gasteiger partial charge is 0.139 e. The molecule has 0 unspecified atom stereocenters. The molecule has 2 saturated heterocycles. The molecule has 0 radical (unpaired) electrons. The van der Waals surface area contributed by atoms with Gasteiger partial charge in [0.15, 0.2) is 0 Å². The van der Waals surface area contributed by atoms with E-state index in [0.29, 0.717) is 11.8 Å². The van der Waals surface area contributed by atoms with E-state index in [9.17, 15) is 5.11 Å². The maximum atomic E-state index is 10.7. The number of anilines is 1. The van der Waals surface area contributed by atoms with Gasteiger partial charge in [-0.2, -0.15) is 5.10 Å². The predicted molar refractivity (Wildman–Crippen MR) is 94.5 cm³/mol. The molecule has 134 valence electrons. The first-order valence-corrected chi connectivity index (χ1v) is 9.32. The average Bonchev–Trinajstić information content (AvgIpc) is 3.27. The average molecular weight is 343 g/mol. The Morgan fingerprint density at radius 1 is 1.16 bits per heavy atom. The number of morpholine rings is 1. The Morgan fingerprint density at radius 2 is 1.96 bits per heavy atom. The van der Waals surface area contributed by atoms with Gasteiger partial charge in [0.1, 0.15) is 5.82 Å². The number of ether oxygens (including phenoxy) is 1. The van der Waals surface area contributed by atoms with Gasteiger partial charge in [-0.15, -0.1) is 0 Å². The number of aromatic nitrogens is 3. The van der Waals surface area contributed by atoms with Crippen molar-refractivity contribution in [1.29, 1.82) is 0 Å². The summed E-state index contributed by atoms with van der Waals surface area (Å²) in [5.74, 6) is 2.20. The number of H-pyrrole nitrogens is 1. The van der Waals surface area contributed by atoms with E-state index >= 15 is 0 Å². The molecule has 2 N–H and O–H groups in total. The minimum absolute atomic E-state index is 0.225. The van der Waals surface area contributed by atoms with Crippen molar-refractivity contribution in [1.82, 2.24) is 20.1 Å². The molecule has 2 aromatic heterocycles. The molecular weight excluding hydrogens is 318 g/mol. The van der Waals surface area contributed by atoms with Crippen LogP contribution in [0.5, 0.6) is 0 Å². The Morgan fingerprint density at radius 3 is 2.80 bits per heavy atom. The molecule has 4 atom stereocenters. The van der Waals surface area contributed by atoms with E-state index in [1.165, 1.54) is 0 Å². The molecule has 1 aliphatic carbocycles. The predicted octanol–water partition coefficient (Wildman–Crippen LogP) is 0.866. The van der Waals surface area contributed by atoms with E-state index in [2.05, 4.69) is 25.0 Å². The van der Waals surface area contributed by atoms with Crippen molar-refractivity contribution in [3.63, 3.8) is 0 Å². The minimum atomic E-state index is -0.225. The molecule has 3 aliphatic rings. The van der Waals surface area contributed by atoms with Crippen molar-refractivity contribution in [2.45, 2.75) is 25.0 Å². The van der Waals surface area contributed by atoms with Crippen LogP contribution >= 0.6 is 0 Å². The number of fused-ring (bicyclic) bond motifs is 2. The molecule has 0 spiro atoms. The lowest BCUT2D eigenvalue weighted by molar-refractivity contribution is -0.0520. The maximum absolute atomic E-state index is 10.7. The van der Waals surface area contributed by atoms with Crippen LogP contribution < -0.4 is 4.90 Å². The van der Waals surface area contributed by atoms with Crippen molar-refractivity contribution < 1.29 is 9.84 Å². The molecule has 0 aromatic carbocycles. The molecule has 3 fully saturated rings. The minimum Gasteiger partial charge on any atom is -0.391 e. The van der Waals surface area contributed by atoms with Crippen molar-refractivity contribution >= 4 is 16.7 Å². The van der Waals surface area contributed by atoms with Crippen LogP contribution in [0.2, 0.25) is 0 Å². The van der Waals surface area contributed by atoms with E-state index in [1.54, 1.807) is 0 Å². The highest BCUT2D eigenvalue weighted by atomic mass is 16.5. The summed E-state index contributed by atoms with van der Waals surface area (Å²) >= 11 is 0. The fraction of sp³-hybridized carbons (Fsp3) is 0.667. The third kappa shape index (κ3) is 2.70. The Hall–Kier alpha value is -1.70. The van der Waals surface area contributed by atoms with Gasteiger partial charge in [-0.3, -0.25) is 10.00 Å². The number of aliphatic hydroxyl groups is 1. The van der Waals surface area contributed by atoms with E-state index in [0.717, 1.165) is 69.0 Å². The summed E-state index contributed by atoms with van der Waals surface area (Å²) in [6.45, 7) is 5.47. The van der Waals surface area contributed by atoms with Gasteiger partial charge in [0.05, 0.1) is 36.4 Å². The second kappa shape index (κ2) is 6.23. The lowest BCUT2D eigenvalue weighted by Gasteiger charge is -2.43. The first-order valence-electron chi connectivity index (χ1n) is 9.32. The molecule has 5 rings (SSSR count). The largest absolute Gasteiger partial charge is 0.391 e. The zero-order chi connectivity index (χ0) is 16.8. The third-order valence-corrected chi connectivity index (χ3v) is 6.27. The van der Waals surface area contributed by atoms with Crippen molar-refractivity contribution in [3.8, 4) is 0 Å². The number of pyridine rings is 1. The van der Waals surface area contributed by atoms with Crippen LogP contribution in [0, 0.1) is 11.8 Å². The summed E-state index contributed by atoms with van der Waals surface area (Å²) in [5.41, 5.74) is 1.03. The zero-order valence-electron chi connectivity index (χ0n) is 14.3. The Kier molecular flexibility index (Phi) is 3.87. The lowest BCUT2D eigenvalue weighted by Crippen LogP contribution is -2.53. The SMILES string of the molecule is O[C@@H]1C[C@H]2CN(c3nccc4[nH]ncc34)C[C@H]2C[C@H]1N1CCOCC1. The number of hydrogen-bond acceptors (Lipinski definition) is 6. The molecule has 4 heterocycles. The normalized spacial score (nSPS) is 33.7. The van der Waals surface area contributed by atoms with Gasteiger partial charge in [-0.25, -0.2) is 4.98 Å². The number of nitrogens with zero attached hydrogens (tertiary/aromatic N) is 4. The molecule has 7 heteroatoms. The number of nitrogens with one attached hydrogen (secondary N) is 1. The zero-order valence-corrected chi connectivity index (χ0v) is 14.3. The van der Waals surface area contributed by atoms with Crippen LogP contribution in [0.4, 0.5) is 5.82 Å². The highest BCUT2D eigenvalue weighted by molar-refractivity contribution is 5.89. The monoisotopic (exact) mass is 343 g/mol. The number of rotatable bonds is 2. The van der Waals surface area contributed by atoms with Gasteiger partial charge in [0.2, 0.25) is 0 Å². The highest BCUT2D eigenvalue weighted by Gasteiger charge is 2.44. The fourth-order valence-electron chi connectivity index (χ4n) is 4.99. The molecule has 25 heavy (non-hydrogen) atoms. The standard InChI is InChI=1S/C18H25N5O2/c24-17-8-13-11-23(18-14-9-20-21-15(14)1-2-19-18)10-12(13)7-16(17)22-3-5-25-6-4-22/h1-2,9,12-13,16-17,24H,3-8,10-11H2,(H,20,21)/t12-,13+,16-,17-/m1/s1. The highest BCUT2D eigenvalue weighted by Crippen LogP contribution is 2.40. The molecular formula is C18H25N5O2. The first-order chi connectivity index (χ1) is 12.3. The van der Waals surface area contributed by atoms with Crippen molar-refractivity contribution in [2.24, 2.45) is 11.8 Å². The van der Waals surface area contributed by atoms with Gasteiger partial charge >= 0.3 is 0 Å². The number of hydrogen-bond donors (Lipinski definition) is 2. The third-order valence-electron chi connectivity index (χ3n) is 6.27. The van der Waals surface area contributed by atoms with Crippen molar-refractivity contribution in [3.05, 3.63) is 18.5 Å².